The van der Waals surface area contributed by atoms with E-state index in [4.69, 9.17) is 25.8 Å². The molecule has 0 fully saturated rings. The van der Waals surface area contributed by atoms with Crippen molar-refractivity contribution in [2.45, 2.75) is 32.8 Å². The van der Waals surface area contributed by atoms with Gasteiger partial charge in [0.25, 0.3) is 0 Å². The number of carbonyl (C=O) groups excluding carboxylic acids is 2. The summed E-state index contributed by atoms with van der Waals surface area (Å²) in [5.74, 6) is 0.369. The van der Waals surface area contributed by atoms with E-state index < -0.39 is 17.7 Å². The van der Waals surface area contributed by atoms with Crippen LogP contribution < -0.4 is 4.74 Å². The van der Waals surface area contributed by atoms with Crippen molar-refractivity contribution in [3.8, 4) is 11.6 Å². The van der Waals surface area contributed by atoms with Crippen molar-refractivity contribution in [1.29, 1.82) is 0 Å². The van der Waals surface area contributed by atoms with E-state index in [9.17, 15) is 9.59 Å². The zero-order valence-corrected chi connectivity index (χ0v) is 19.0. The van der Waals surface area contributed by atoms with Gasteiger partial charge in [0.15, 0.2) is 0 Å². The van der Waals surface area contributed by atoms with Crippen molar-refractivity contribution in [3.05, 3.63) is 65.2 Å². The van der Waals surface area contributed by atoms with Crippen LogP contribution in [0, 0.1) is 0 Å². The molecule has 3 aromatic rings. The fourth-order valence-corrected chi connectivity index (χ4v) is 2.94. The second kappa shape index (κ2) is 9.78. The highest BCUT2D eigenvalue weighted by molar-refractivity contribution is 6.38. The monoisotopic (exact) mass is 454 g/mol. The fraction of sp³-hybridized carbons (Fsp3) is 0.250. The van der Waals surface area contributed by atoms with Crippen LogP contribution in [0.25, 0.3) is 10.9 Å². The van der Waals surface area contributed by atoms with Crippen LogP contribution >= 0.6 is 11.6 Å². The minimum atomic E-state index is -0.843. The lowest BCUT2D eigenvalue weighted by molar-refractivity contribution is -0.132. The van der Waals surface area contributed by atoms with E-state index in [0.717, 1.165) is 10.9 Å². The largest absolute Gasteiger partial charge is 0.465 e. The molecule has 1 aromatic heterocycles. The van der Waals surface area contributed by atoms with Crippen LogP contribution in [0.1, 0.15) is 26.3 Å². The Morgan fingerprint density at radius 2 is 1.75 bits per heavy atom. The van der Waals surface area contributed by atoms with Crippen molar-refractivity contribution < 1.29 is 23.8 Å². The molecule has 32 heavy (non-hydrogen) atoms. The summed E-state index contributed by atoms with van der Waals surface area (Å²) in [5, 5.41) is 1.46. The molecule has 0 aliphatic carbocycles. The lowest BCUT2D eigenvalue weighted by Crippen LogP contribution is -2.25. The van der Waals surface area contributed by atoms with E-state index in [0.29, 0.717) is 22.2 Å². The highest BCUT2D eigenvalue weighted by Gasteiger charge is 2.20. The van der Waals surface area contributed by atoms with Gasteiger partial charge in [0.1, 0.15) is 17.1 Å². The predicted octanol–water partition coefficient (Wildman–Crippen LogP) is 5.77. The van der Waals surface area contributed by atoms with Gasteiger partial charge in [0, 0.05) is 22.9 Å². The second-order valence-electron chi connectivity index (χ2n) is 7.94. The van der Waals surface area contributed by atoms with Crippen LogP contribution in [0.3, 0.4) is 0 Å². The molecule has 3 rings (SSSR count). The summed E-state index contributed by atoms with van der Waals surface area (Å²) < 4.78 is 15.7. The molecule has 166 valence electrons. The predicted molar refractivity (Wildman–Crippen MR) is 123 cm³/mol. The first-order valence-corrected chi connectivity index (χ1v) is 10.2. The van der Waals surface area contributed by atoms with Crippen molar-refractivity contribution in [1.82, 2.24) is 4.98 Å². The number of nitrogens with zero attached hydrogens (tertiary/aromatic N) is 2. The topological polar surface area (TPSA) is 87.1 Å². The van der Waals surface area contributed by atoms with Gasteiger partial charge in [0.2, 0.25) is 5.88 Å². The molecule has 0 N–H and O–H groups in total. The zero-order chi connectivity index (χ0) is 23.3. The van der Waals surface area contributed by atoms with E-state index in [1.165, 1.54) is 7.11 Å². The van der Waals surface area contributed by atoms with Gasteiger partial charge in [-0.25, -0.2) is 14.6 Å². The second-order valence-corrected chi connectivity index (χ2v) is 8.38. The number of rotatable bonds is 5. The van der Waals surface area contributed by atoms with Gasteiger partial charge in [-0.3, -0.25) is 0 Å². The zero-order valence-electron chi connectivity index (χ0n) is 18.2. The number of hydrogen-bond acceptors (Lipinski definition) is 6. The van der Waals surface area contributed by atoms with E-state index in [1.807, 2.05) is 18.2 Å². The van der Waals surface area contributed by atoms with Crippen LogP contribution in [0.5, 0.6) is 11.6 Å². The number of pyridine rings is 1. The van der Waals surface area contributed by atoms with E-state index in [-0.39, 0.29) is 12.1 Å². The summed E-state index contributed by atoms with van der Waals surface area (Å²) in [6, 6.07) is 16.1. The lowest BCUT2D eigenvalue weighted by atomic mass is 10.1. The Morgan fingerprint density at radius 3 is 2.41 bits per heavy atom. The maximum atomic E-state index is 12.1. The summed E-state index contributed by atoms with van der Waals surface area (Å²) >= 11 is 5.89. The number of carbonyl (C=O) groups is 2. The SMILES string of the molecule is COC(=O)C(Cc1ccc2nc(Oc3ccc(Cl)cc3)ccc2c1)=NC(=O)OC(C)(C)C. The molecular weight excluding hydrogens is 432 g/mol. The molecular formula is C24H23ClN2O5. The molecule has 0 bridgehead atoms. The molecule has 2 aromatic carbocycles. The number of hydrogen-bond donors (Lipinski definition) is 0. The molecule has 1 amide bonds. The average molecular weight is 455 g/mol. The molecule has 0 saturated heterocycles. The Labute approximate surface area is 191 Å². The molecule has 1 heterocycles. The van der Waals surface area contributed by atoms with Crippen LogP contribution in [-0.2, 0) is 20.7 Å². The molecule has 7 nitrogen and oxygen atoms in total. The highest BCUT2D eigenvalue weighted by Crippen LogP contribution is 2.24. The number of fused-ring (bicyclic) bond motifs is 1. The van der Waals surface area contributed by atoms with E-state index in [2.05, 4.69) is 9.98 Å². The number of ether oxygens (including phenoxy) is 3. The molecule has 0 unspecified atom stereocenters. The third kappa shape index (κ3) is 6.52. The van der Waals surface area contributed by atoms with Crippen LogP contribution in [0.2, 0.25) is 5.02 Å². The first kappa shape index (κ1) is 23.2. The average Bonchev–Trinajstić information content (AvgIpc) is 2.73. The number of halogens is 1. The quantitative estimate of drug-likeness (QED) is 0.359. The number of methoxy groups -OCH3 is 1. The van der Waals surface area contributed by atoms with Crippen LogP contribution in [0.4, 0.5) is 4.79 Å². The lowest BCUT2D eigenvalue weighted by Gasteiger charge is -2.17. The summed E-state index contributed by atoms with van der Waals surface area (Å²) in [6.07, 6.45) is -0.741. The first-order valence-electron chi connectivity index (χ1n) is 9.85. The summed E-state index contributed by atoms with van der Waals surface area (Å²) in [5.41, 5.74) is 0.710. The van der Waals surface area contributed by atoms with Crippen LogP contribution in [-0.4, -0.2) is 35.5 Å². The number of aliphatic imine (C=N–C) groups is 1. The molecule has 0 spiro atoms. The van der Waals surface area contributed by atoms with Gasteiger partial charge in [-0.15, -0.1) is 0 Å². The van der Waals surface area contributed by atoms with Crippen molar-refractivity contribution in [2.24, 2.45) is 4.99 Å². The molecule has 0 saturated carbocycles. The normalized spacial score (nSPS) is 11.8. The number of amides is 1. The third-order valence-electron chi connectivity index (χ3n) is 4.18. The van der Waals surface area contributed by atoms with Gasteiger partial charge >= 0.3 is 12.1 Å². The minimum absolute atomic E-state index is 0.0447. The molecule has 0 radical (unpaired) electrons. The number of esters is 1. The number of aromatic nitrogens is 1. The van der Waals surface area contributed by atoms with Gasteiger partial charge in [-0.05, 0) is 68.8 Å². The smallest absolute Gasteiger partial charge is 0.434 e. The number of benzene rings is 2. The van der Waals surface area contributed by atoms with Gasteiger partial charge in [0.05, 0.1) is 12.6 Å². The van der Waals surface area contributed by atoms with Gasteiger partial charge in [-0.2, -0.15) is 4.99 Å². The highest BCUT2D eigenvalue weighted by atomic mass is 35.5. The van der Waals surface area contributed by atoms with Crippen molar-refractivity contribution >= 4 is 40.3 Å². The molecule has 8 heteroatoms. The van der Waals surface area contributed by atoms with Crippen molar-refractivity contribution in [2.75, 3.05) is 7.11 Å². The summed E-state index contributed by atoms with van der Waals surface area (Å²) in [4.78, 5) is 32.5. The molecule has 0 aliphatic rings. The standard InChI is InChI=1S/C24H23ClN2O5/c1-24(2,3)32-23(29)27-20(22(28)30-4)14-15-5-11-19-16(13-15)6-12-21(26-19)31-18-9-7-17(25)8-10-18/h5-13H,14H2,1-4H3. The summed E-state index contributed by atoms with van der Waals surface area (Å²) in [7, 11) is 1.24. The van der Waals surface area contributed by atoms with Gasteiger partial charge in [-0.1, -0.05) is 17.7 Å². The van der Waals surface area contributed by atoms with Crippen LogP contribution in [0.15, 0.2) is 59.6 Å². The fourth-order valence-electron chi connectivity index (χ4n) is 2.81. The Hall–Kier alpha value is -3.45. The Kier molecular flexibility index (Phi) is 7.10. The maximum absolute atomic E-state index is 12.1. The maximum Gasteiger partial charge on any atom is 0.434 e. The Balaban J connectivity index is 1.80. The van der Waals surface area contributed by atoms with E-state index >= 15 is 0 Å². The van der Waals surface area contributed by atoms with E-state index in [1.54, 1.807) is 57.2 Å². The first-order chi connectivity index (χ1) is 15.1. The summed E-state index contributed by atoms with van der Waals surface area (Å²) in [6.45, 7) is 5.17. The van der Waals surface area contributed by atoms with Crippen molar-refractivity contribution in [3.63, 3.8) is 0 Å². The van der Waals surface area contributed by atoms with Gasteiger partial charge < -0.3 is 14.2 Å². The minimum Gasteiger partial charge on any atom is -0.465 e. The molecule has 0 aliphatic heterocycles. The third-order valence-corrected chi connectivity index (χ3v) is 4.43. The Bertz CT molecular complexity index is 1170. The molecule has 0 atom stereocenters. The Morgan fingerprint density at radius 1 is 1.03 bits per heavy atom.